The largest absolute Gasteiger partial charge is 0.497 e. The molecule has 0 aliphatic carbocycles. The second-order valence-corrected chi connectivity index (χ2v) is 7.37. The average molecular weight is 410 g/mol. The lowest BCUT2D eigenvalue weighted by Crippen LogP contribution is -2.40. The molecular weight excluding hydrogens is 384 g/mol. The minimum Gasteiger partial charge on any atom is -0.497 e. The maximum Gasteiger partial charge on any atom is 0.340 e. The molecule has 1 fully saturated rings. The van der Waals surface area contributed by atoms with E-state index in [0.29, 0.717) is 36.0 Å². The number of anilines is 1. The number of esters is 1. The number of nitrogens with one attached hydrogen (secondary N) is 1. The fourth-order valence-corrected chi connectivity index (χ4v) is 3.26. The molecule has 7 heteroatoms. The molecule has 158 valence electrons. The molecule has 0 atom stereocenters. The van der Waals surface area contributed by atoms with E-state index in [9.17, 15) is 14.4 Å². The fourth-order valence-electron chi connectivity index (χ4n) is 3.26. The molecule has 2 amide bonds. The van der Waals surface area contributed by atoms with Crippen molar-refractivity contribution in [2.45, 2.75) is 19.8 Å². The van der Waals surface area contributed by atoms with Gasteiger partial charge in [-0.15, -0.1) is 0 Å². The molecule has 1 heterocycles. The Hall–Kier alpha value is -3.35. The second kappa shape index (κ2) is 9.91. The van der Waals surface area contributed by atoms with Crippen LogP contribution in [0.15, 0.2) is 48.5 Å². The highest BCUT2D eigenvalue weighted by Gasteiger charge is 2.22. The van der Waals surface area contributed by atoms with Crippen molar-refractivity contribution >= 4 is 23.5 Å². The molecule has 2 aromatic carbocycles. The van der Waals surface area contributed by atoms with Crippen molar-refractivity contribution in [1.29, 1.82) is 0 Å². The monoisotopic (exact) mass is 410 g/mol. The normalized spacial score (nSPS) is 14.1. The number of benzene rings is 2. The summed E-state index contributed by atoms with van der Waals surface area (Å²) in [7, 11) is 1.55. The van der Waals surface area contributed by atoms with E-state index in [-0.39, 0.29) is 24.0 Å². The number of methoxy groups -OCH3 is 1. The predicted molar refractivity (Wildman–Crippen MR) is 113 cm³/mol. The molecule has 2 aromatic rings. The highest BCUT2D eigenvalue weighted by molar-refractivity contribution is 6.08. The Morgan fingerprint density at radius 3 is 2.37 bits per heavy atom. The summed E-state index contributed by atoms with van der Waals surface area (Å²) in [5.41, 5.74) is 0.940. The minimum atomic E-state index is -0.653. The van der Waals surface area contributed by atoms with Gasteiger partial charge in [0, 0.05) is 18.7 Å². The molecule has 0 saturated carbocycles. The molecular formula is C23H26N2O5. The van der Waals surface area contributed by atoms with E-state index >= 15 is 0 Å². The molecule has 0 unspecified atom stereocenters. The van der Waals surface area contributed by atoms with Crippen LogP contribution in [0.2, 0.25) is 0 Å². The number of ether oxygens (including phenoxy) is 2. The summed E-state index contributed by atoms with van der Waals surface area (Å²) < 4.78 is 10.3. The molecule has 0 radical (unpaired) electrons. The molecule has 1 N–H and O–H groups in total. The zero-order chi connectivity index (χ0) is 21.5. The number of piperidine rings is 1. The third-order valence-electron chi connectivity index (χ3n) is 5.21. The highest BCUT2D eigenvalue weighted by Crippen LogP contribution is 2.19. The standard InChI is InChI=1S/C23H26N2O5/c1-16-11-13-25(14-12-16)21(26)15-30-23(28)19-5-3-4-6-20(19)24-22(27)17-7-9-18(29-2)10-8-17/h3-10,16H,11-15H2,1-2H3,(H,24,27). The average Bonchev–Trinajstić information content (AvgIpc) is 2.78. The number of hydrogen-bond donors (Lipinski definition) is 1. The van der Waals surface area contributed by atoms with Crippen molar-refractivity contribution < 1.29 is 23.9 Å². The smallest absolute Gasteiger partial charge is 0.340 e. The summed E-state index contributed by atoms with van der Waals surface area (Å²) in [5, 5.41) is 2.73. The minimum absolute atomic E-state index is 0.194. The number of carbonyl (C=O) groups excluding carboxylic acids is 3. The number of para-hydroxylation sites is 1. The van der Waals surface area contributed by atoms with Gasteiger partial charge in [-0.1, -0.05) is 19.1 Å². The molecule has 0 bridgehead atoms. The lowest BCUT2D eigenvalue weighted by Gasteiger charge is -2.30. The van der Waals surface area contributed by atoms with Crippen molar-refractivity contribution in [2.24, 2.45) is 5.92 Å². The van der Waals surface area contributed by atoms with Gasteiger partial charge in [0.1, 0.15) is 5.75 Å². The predicted octanol–water partition coefficient (Wildman–Crippen LogP) is 3.36. The van der Waals surface area contributed by atoms with Crippen LogP contribution in [-0.4, -0.2) is 49.5 Å². The first-order valence-electron chi connectivity index (χ1n) is 9.97. The van der Waals surface area contributed by atoms with E-state index in [1.54, 1.807) is 60.5 Å². The SMILES string of the molecule is COc1ccc(C(=O)Nc2ccccc2C(=O)OCC(=O)N2CCC(C)CC2)cc1. The van der Waals surface area contributed by atoms with Crippen molar-refractivity contribution in [3.05, 3.63) is 59.7 Å². The van der Waals surface area contributed by atoms with E-state index in [2.05, 4.69) is 12.2 Å². The molecule has 7 nitrogen and oxygen atoms in total. The van der Waals surface area contributed by atoms with Crippen LogP contribution < -0.4 is 10.1 Å². The lowest BCUT2D eigenvalue weighted by molar-refractivity contribution is -0.135. The molecule has 1 aliphatic heterocycles. The summed E-state index contributed by atoms with van der Waals surface area (Å²) in [5.74, 6) is 0.0342. The second-order valence-electron chi connectivity index (χ2n) is 7.37. The van der Waals surface area contributed by atoms with Gasteiger partial charge in [-0.2, -0.15) is 0 Å². The third-order valence-corrected chi connectivity index (χ3v) is 5.21. The number of likely N-dealkylation sites (tertiary alicyclic amines) is 1. The highest BCUT2D eigenvalue weighted by atomic mass is 16.5. The van der Waals surface area contributed by atoms with E-state index in [4.69, 9.17) is 9.47 Å². The van der Waals surface area contributed by atoms with Crippen LogP contribution >= 0.6 is 0 Å². The molecule has 0 spiro atoms. The zero-order valence-corrected chi connectivity index (χ0v) is 17.2. The molecule has 0 aromatic heterocycles. The summed E-state index contributed by atoms with van der Waals surface area (Å²) in [6.07, 6.45) is 1.92. The molecule has 3 rings (SSSR count). The van der Waals surface area contributed by atoms with Gasteiger partial charge >= 0.3 is 5.97 Å². The van der Waals surface area contributed by atoms with Crippen LogP contribution in [0.1, 0.15) is 40.5 Å². The van der Waals surface area contributed by atoms with Crippen LogP contribution in [0.4, 0.5) is 5.69 Å². The van der Waals surface area contributed by atoms with Crippen molar-refractivity contribution in [2.75, 3.05) is 32.1 Å². The van der Waals surface area contributed by atoms with Gasteiger partial charge in [0.15, 0.2) is 6.61 Å². The van der Waals surface area contributed by atoms with E-state index in [1.165, 1.54) is 0 Å². The Bertz CT molecular complexity index is 902. The number of carbonyl (C=O) groups is 3. The maximum atomic E-state index is 12.5. The van der Waals surface area contributed by atoms with Crippen LogP contribution in [0, 0.1) is 5.92 Å². The molecule has 1 saturated heterocycles. The zero-order valence-electron chi connectivity index (χ0n) is 17.2. The van der Waals surface area contributed by atoms with Gasteiger partial charge in [-0.05, 0) is 55.2 Å². The van der Waals surface area contributed by atoms with Gasteiger partial charge in [-0.3, -0.25) is 9.59 Å². The van der Waals surface area contributed by atoms with E-state index < -0.39 is 5.97 Å². The van der Waals surface area contributed by atoms with Gasteiger partial charge in [-0.25, -0.2) is 4.79 Å². The topological polar surface area (TPSA) is 84.9 Å². The number of amides is 2. The number of rotatable bonds is 6. The van der Waals surface area contributed by atoms with Crippen molar-refractivity contribution in [3.63, 3.8) is 0 Å². The Morgan fingerprint density at radius 2 is 1.70 bits per heavy atom. The summed E-state index contributed by atoms with van der Waals surface area (Å²) in [4.78, 5) is 39.1. The van der Waals surface area contributed by atoms with Crippen LogP contribution in [0.25, 0.3) is 0 Å². The van der Waals surface area contributed by atoms with Crippen LogP contribution in [0.5, 0.6) is 5.75 Å². The Kier molecular flexibility index (Phi) is 7.06. The Balaban J connectivity index is 1.61. The first-order valence-corrected chi connectivity index (χ1v) is 9.97. The Morgan fingerprint density at radius 1 is 1.03 bits per heavy atom. The van der Waals surface area contributed by atoms with Gasteiger partial charge in [0.2, 0.25) is 0 Å². The first-order chi connectivity index (χ1) is 14.5. The summed E-state index contributed by atoms with van der Waals surface area (Å²) in [6.45, 7) is 3.23. The van der Waals surface area contributed by atoms with E-state index in [1.807, 2.05) is 0 Å². The van der Waals surface area contributed by atoms with Gasteiger partial charge in [0.25, 0.3) is 11.8 Å². The third kappa shape index (κ3) is 5.37. The molecule has 1 aliphatic rings. The van der Waals surface area contributed by atoms with Gasteiger partial charge in [0.05, 0.1) is 18.4 Å². The quantitative estimate of drug-likeness (QED) is 0.738. The number of hydrogen-bond acceptors (Lipinski definition) is 5. The van der Waals surface area contributed by atoms with Crippen LogP contribution in [0.3, 0.4) is 0 Å². The lowest BCUT2D eigenvalue weighted by atomic mass is 9.99. The number of nitrogens with zero attached hydrogens (tertiary/aromatic N) is 1. The van der Waals surface area contributed by atoms with Crippen molar-refractivity contribution in [1.82, 2.24) is 4.90 Å². The first kappa shape index (κ1) is 21.4. The summed E-state index contributed by atoms with van der Waals surface area (Å²) >= 11 is 0. The maximum absolute atomic E-state index is 12.5. The summed E-state index contributed by atoms with van der Waals surface area (Å²) in [6, 6.07) is 13.2. The van der Waals surface area contributed by atoms with E-state index in [0.717, 1.165) is 12.8 Å². The van der Waals surface area contributed by atoms with Gasteiger partial charge < -0.3 is 19.7 Å². The fraction of sp³-hybridized carbons (Fsp3) is 0.348. The Labute approximate surface area is 176 Å². The molecule has 30 heavy (non-hydrogen) atoms. The van der Waals surface area contributed by atoms with Crippen molar-refractivity contribution in [3.8, 4) is 5.75 Å². The van der Waals surface area contributed by atoms with Crippen LogP contribution in [-0.2, 0) is 9.53 Å².